The summed E-state index contributed by atoms with van der Waals surface area (Å²) in [6.45, 7) is 20.7. The van der Waals surface area contributed by atoms with Crippen LogP contribution in [0.3, 0.4) is 0 Å². The van der Waals surface area contributed by atoms with Crippen molar-refractivity contribution >= 4 is 11.5 Å². The number of nitrogens with one attached hydrogen (secondary N) is 2. The molecule has 5 N–H and O–H groups in total. The van der Waals surface area contributed by atoms with Crippen molar-refractivity contribution in [2.24, 2.45) is 0 Å². The quantitative estimate of drug-likeness (QED) is 0.106. The molecule has 312 valence electrons. The van der Waals surface area contributed by atoms with Crippen molar-refractivity contribution in [1.82, 2.24) is 25.5 Å². The van der Waals surface area contributed by atoms with Gasteiger partial charge in [-0.15, -0.1) is 0 Å². The Labute approximate surface area is 333 Å². The van der Waals surface area contributed by atoms with E-state index in [4.69, 9.17) is 34.8 Å². The highest BCUT2D eigenvalue weighted by molar-refractivity contribution is 5.97. The van der Waals surface area contributed by atoms with Gasteiger partial charge in [-0.2, -0.15) is 0 Å². The molecule has 1 aromatic carbocycles. The van der Waals surface area contributed by atoms with Crippen LogP contribution in [-0.4, -0.2) is 102 Å². The second-order valence-electron chi connectivity index (χ2n) is 13.7. The van der Waals surface area contributed by atoms with Crippen molar-refractivity contribution in [3.05, 3.63) is 88.3 Å². The standard InChI is InChI=1S/C35H49N5O3.C4H10O.C2H6O.C2H6.CH4O/c1-4-6-7-8-19-40(3)30-15-10-16-33(31(24-30)34-37-26-29-25-36-18-17-32(29)38-34)39-35(41)28-14-9-12-27(23-28)13-11-20-43-22-21-42-5-2;1-4(2,3)5;1-2-3;2*1-2/h9-10,12,14,16,23-24,26,36H,4-8,11,13,15,17-22,25H2,1-3H3,(H,39,41);5H,1-3H3;3H,2H2,1H3;1-2H3;2H,1H3. The molecule has 1 aliphatic heterocycles. The Bertz CT molecular complexity index is 1400. The summed E-state index contributed by atoms with van der Waals surface area (Å²) in [5.74, 6) is 0.511. The minimum atomic E-state index is -0.500. The van der Waals surface area contributed by atoms with Gasteiger partial charge in [-0.1, -0.05) is 58.2 Å². The number of unbranched alkanes of at least 4 members (excludes halogenated alkanes) is 3. The van der Waals surface area contributed by atoms with Crippen LogP contribution in [0.25, 0.3) is 5.57 Å². The molecule has 1 aromatic heterocycles. The average Bonchev–Trinajstić information content (AvgIpc) is 3.40. The second kappa shape index (κ2) is 31.7. The lowest BCUT2D eigenvalue weighted by atomic mass is 10.1. The van der Waals surface area contributed by atoms with E-state index in [1.165, 1.54) is 25.0 Å². The number of nitrogens with zero attached hydrogens (tertiary/aromatic N) is 3. The number of aryl methyl sites for hydroxylation is 1. The number of hydrogen-bond acceptors (Lipinski definition) is 10. The van der Waals surface area contributed by atoms with Gasteiger partial charge in [0, 0.05) is 95.0 Å². The molecule has 4 rings (SSSR count). The molecule has 1 amide bonds. The Kier molecular flexibility index (Phi) is 29.7. The largest absolute Gasteiger partial charge is 0.400 e. The molecule has 0 atom stereocenters. The van der Waals surface area contributed by atoms with Gasteiger partial charge in [-0.25, -0.2) is 9.97 Å². The summed E-state index contributed by atoms with van der Waals surface area (Å²) in [5, 5.41) is 29.7. The first-order valence-corrected chi connectivity index (χ1v) is 20.2. The van der Waals surface area contributed by atoms with Crippen LogP contribution in [0, 0.1) is 0 Å². The van der Waals surface area contributed by atoms with Crippen LogP contribution in [-0.2, 0) is 28.9 Å². The molecular formula is C44H75N5O6. The third-order valence-electron chi connectivity index (χ3n) is 7.87. The summed E-state index contributed by atoms with van der Waals surface area (Å²) in [6.07, 6.45) is 16.5. The van der Waals surface area contributed by atoms with Gasteiger partial charge in [0.1, 0.15) is 0 Å². The van der Waals surface area contributed by atoms with Crippen molar-refractivity contribution in [1.29, 1.82) is 0 Å². The van der Waals surface area contributed by atoms with E-state index in [9.17, 15) is 4.79 Å². The fourth-order valence-electron chi connectivity index (χ4n) is 5.34. The molecular weight excluding hydrogens is 695 g/mol. The lowest BCUT2D eigenvalue weighted by Gasteiger charge is -2.22. The summed E-state index contributed by atoms with van der Waals surface area (Å²) in [6, 6.07) is 7.86. The van der Waals surface area contributed by atoms with E-state index in [2.05, 4.69) is 47.7 Å². The number of ether oxygens (including phenoxy) is 2. The van der Waals surface area contributed by atoms with Gasteiger partial charge in [0.15, 0.2) is 5.82 Å². The van der Waals surface area contributed by atoms with E-state index < -0.39 is 5.60 Å². The summed E-state index contributed by atoms with van der Waals surface area (Å²) in [5.41, 5.74) is 6.23. The molecule has 0 saturated carbocycles. The summed E-state index contributed by atoms with van der Waals surface area (Å²) in [4.78, 5) is 25.7. The number of hydrogen-bond donors (Lipinski definition) is 5. The van der Waals surface area contributed by atoms with E-state index in [-0.39, 0.29) is 12.5 Å². The highest BCUT2D eigenvalue weighted by Crippen LogP contribution is 2.26. The Balaban J connectivity index is 0.00000215. The molecule has 0 spiro atoms. The third kappa shape index (κ3) is 23.3. The fourth-order valence-corrected chi connectivity index (χ4v) is 5.34. The molecule has 2 heterocycles. The van der Waals surface area contributed by atoms with Crippen molar-refractivity contribution in [3.63, 3.8) is 0 Å². The lowest BCUT2D eigenvalue weighted by Crippen LogP contribution is -2.26. The zero-order valence-corrected chi connectivity index (χ0v) is 35.8. The van der Waals surface area contributed by atoms with Gasteiger partial charge < -0.3 is 40.3 Å². The highest BCUT2D eigenvalue weighted by Gasteiger charge is 2.20. The smallest absolute Gasteiger partial charge is 0.255 e. The third-order valence-corrected chi connectivity index (χ3v) is 7.87. The monoisotopic (exact) mass is 770 g/mol. The highest BCUT2D eigenvalue weighted by atomic mass is 16.5. The van der Waals surface area contributed by atoms with Gasteiger partial charge in [0.2, 0.25) is 0 Å². The first-order chi connectivity index (χ1) is 26.5. The number of benzene rings is 1. The Morgan fingerprint density at radius 3 is 2.38 bits per heavy atom. The van der Waals surface area contributed by atoms with Crippen LogP contribution >= 0.6 is 0 Å². The number of aliphatic hydroxyl groups is 3. The zero-order chi connectivity index (χ0) is 41.5. The molecule has 11 heteroatoms. The van der Waals surface area contributed by atoms with Gasteiger partial charge in [-0.05, 0) is 83.7 Å². The Morgan fingerprint density at radius 1 is 1.02 bits per heavy atom. The SMILES string of the molecule is CC.CC(C)(C)O.CCCCCCN(C)C1=CC(c2ncc3c(n2)CCNC3)=C(NC(=O)c2cccc(CCCOCCOCC)c2)C=CC1.CCO.CO. The number of fused-ring (bicyclic) bond motifs is 1. The molecule has 0 fully saturated rings. The minimum absolute atomic E-state index is 0.140. The van der Waals surface area contributed by atoms with Gasteiger partial charge >= 0.3 is 0 Å². The van der Waals surface area contributed by atoms with E-state index in [1.54, 1.807) is 27.7 Å². The predicted molar refractivity (Wildman–Crippen MR) is 227 cm³/mol. The van der Waals surface area contributed by atoms with Crippen molar-refractivity contribution in [2.45, 2.75) is 119 Å². The molecule has 0 bridgehead atoms. The van der Waals surface area contributed by atoms with E-state index in [0.29, 0.717) is 37.8 Å². The van der Waals surface area contributed by atoms with Gasteiger partial charge in [0.05, 0.1) is 30.2 Å². The summed E-state index contributed by atoms with van der Waals surface area (Å²) < 4.78 is 11.0. The van der Waals surface area contributed by atoms with Crippen LogP contribution in [0.4, 0.5) is 0 Å². The average molecular weight is 770 g/mol. The minimum Gasteiger partial charge on any atom is -0.400 e. The molecule has 1 aliphatic carbocycles. The first-order valence-electron chi connectivity index (χ1n) is 20.2. The van der Waals surface area contributed by atoms with E-state index >= 15 is 0 Å². The molecule has 2 aromatic rings. The number of rotatable bonds is 17. The molecule has 2 aliphatic rings. The number of carbonyl (C=O) groups excluding carboxylic acids is 1. The summed E-state index contributed by atoms with van der Waals surface area (Å²) >= 11 is 0. The summed E-state index contributed by atoms with van der Waals surface area (Å²) in [7, 11) is 3.15. The van der Waals surface area contributed by atoms with E-state index in [1.807, 2.05) is 51.2 Å². The molecule has 55 heavy (non-hydrogen) atoms. The molecule has 11 nitrogen and oxygen atoms in total. The Morgan fingerprint density at radius 2 is 1.71 bits per heavy atom. The van der Waals surface area contributed by atoms with Crippen LogP contribution in [0.2, 0.25) is 0 Å². The topological polar surface area (TPSA) is 149 Å². The maximum Gasteiger partial charge on any atom is 0.255 e. The number of carbonyl (C=O) groups is 1. The number of allylic oxidation sites excluding steroid dienone is 4. The van der Waals surface area contributed by atoms with Crippen LogP contribution in [0.15, 0.2) is 60.1 Å². The van der Waals surface area contributed by atoms with Crippen LogP contribution in [0.1, 0.15) is 127 Å². The number of aliphatic hydroxyl groups excluding tert-OH is 2. The normalized spacial score (nSPS) is 13.1. The van der Waals surface area contributed by atoms with Crippen molar-refractivity contribution in [3.8, 4) is 0 Å². The number of amides is 1. The van der Waals surface area contributed by atoms with Crippen molar-refractivity contribution < 1.29 is 29.6 Å². The van der Waals surface area contributed by atoms with Gasteiger partial charge in [0.25, 0.3) is 5.91 Å². The Hall–Kier alpha value is -3.45. The molecule has 0 radical (unpaired) electrons. The number of aromatic nitrogens is 2. The van der Waals surface area contributed by atoms with Gasteiger partial charge in [-0.3, -0.25) is 4.79 Å². The van der Waals surface area contributed by atoms with E-state index in [0.717, 1.165) is 86.9 Å². The predicted octanol–water partition coefficient (Wildman–Crippen LogP) is 7.02. The van der Waals surface area contributed by atoms with Crippen molar-refractivity contribution in [2.75, 3.05) is 60.3 Å². The maximum absolute atomic E-state index is 13.6. The van der Waals surface area contributed by atoms with Crippen LogP contribution < -0.4 is 10.6 Å². The van der Waals surface area contributed by atoms with Crippen LogP contribution in [0.5, 0.6) is 0 Å². The maximum atomic E-state index is 13.6. The molecule has 0 saturated heterocycles. The molecule has 0 unspecified atom stereocenters. The lowest BCUT2D eigenvalue weighted by molar-refractivity contribution is 0.0520. The fraction of sp³-hybridized carbons (Fsp3) is 0.614. The zero-order valence-electron chi connectivity index (χ0n) is 35.8. The second-order valence-corrected chi connectivity index (χ2v) is 13.7. The first kappa shape index (κ1) is 51.5.